The standard InChI is InChI=1S/C13H19NO3S/c1-11(2)13(15)10-14-18(16,17)9-8-12-6-4-3-5-7-12/h3-7,11,14H,8-10H2,1-2H3. The van der Waals surface area contributed by atoms with Gasteiger partial charge in [0.2, 0.25) is 10.0 Å². The molecule has 0 unspecified atom stereocenters. The fraction of sp³-hybridized carbons (Fsp3) is 0.462. The summed E-state index contributed by atoms with van der Waals surface area (Å²) in [4.78, 5) is 11.3. The highest BCUT2D eigenvalue weighted by Gasteiger charge is 2.14. The van der Waals surface area contributed by atoms with Gasteiger partial charge in [0.15, 0.2) is 0 Å². The highest BCUT2D eigenvalue weighted by atomic mass is 32.2. The van der Waals surface area contributed by atoms with E-state index in [0.717, 1.165) is 5.56 Å². The van der Waals surface area contributed by atoms with Crippen molar-refractivity contribution in [3.63, 3.8) is 0 Å². The van der Waals surface area contributed by atoms with E-state index >= 15 is 0 Å². The minimum Gasteiger partial charge on any atom is -0.298 e. The van der Waals surface area contributed by atoms with Crippen molar-refractivity contribution in [1.29, 1.82) is 0 Å². The van der Waals surface area contributed by atoms with E-state index in [1.165, 1.54) is 0 Å². The monoisotopic (exact) mass is 269 g/mol. The Balaban J connectivity index is 2.43. The lowest BCUT2D eigenvalue weighted by atomic mass is 10.1. The Morgan fingerprint density at radius 2 is 1.83 bits per heavy atom. The molecule has 0 aliphatic carbocycles. The fourth-order valence-corrected chi connectivity index (χ4v) is 2.37. The van der Waals surface area contributed by atoms with Gasteiger partial charge in [-0.3, -0.25) is 4.79 Å². The molecule has 0 saturated heterocycles. The number of carbonyl (C=O) groups is 1. The van der Waals surface area contributed by atoms with Gasteiger partial charge in [0.25, 0.3) is 0 Å². The van der Waals surface area contributed by atoms with Crippen LogP contribution in [0.15, 0.2) is 30.3 Å². The third kappa shape index (κ3) is 5.42. The minimum absolute atomic E-state index is 0.00237. The summed E-state index contributed by atoms with van der Waals surface area (Å²) < 4.78 is 25.7. The van der Waals surface area contributed by atoms with Gasteiger partial charge in [0, 0.05) is 5.92 Å². The molecule has 0 heterocycles. The molecule has 0 bridgehead atoms. The summed E-state index contributed by atoms with van der Waals surface area (Å²) >= 11 is 0. The van der Waals surface area contributed by atoms with Crippen molar-refractivity contribution in [2.75, 3.05) is 12.3 Å². The average molecular weight is 269 g/mol. The van der Waals surface area contributed by atoms with E-state index in [0.29, 0.717) is 6.42 Å². The molecule has 1 rings (SSSR count). The molecule has 0 atom stereocenters. The van der Waals surface area contributed by atoms with Crippen LogP contribution in [0.3, 0.4) is 0 Å². The number of Topliss-reactive ketones (excluding diaryl/α,β-unsaturated/α-hetero) is 1. The van der Waals surface area contributed by atoms with E-state index in [9.17, 15) is 13.2 Å². The Kier molecular flexibility index (Phi) is 5.50. The number of hydrogen-bond acceptors (Lipinski definition) is 3. The molecule has 100 valence electrons. The zero-order valence-electron chi connectivity index (χ0n) is 10.7. The summed E-state index contributed by atoms with van der Waals surface area (Å²) in [5, 5.41) is 0. The number of nitrogens with one attached hydrogen (secondary N) is 1. The number of rotatable bonds is 7. The van der Waals surface area contributed by atoms with Crippen molar-refractivity contribution < 1.29 is 13.2 Å². The number of aryl methyl sites for hydroxylation is 1. The number of sulfonamides is 1. The molecule has 18 heavy (non-hydrogen) atoms. The van der Waals surface area contributed by atoms with Gasteiger partial charge >= 0.3 is 0 Å². The van der Waals surface area contributed by atoms with Crippen molar-refractivity contribution in [1.82, 2.24) is 4.72 Å². The van der Waals surface area contributed by atoms with Gasteiger partial charge in [-0.15, -0.1) is 0 Å². The largest absolute Gasteiger partial charge is 0.298 e. The van der Waals surface area contributed by atoms with Crippen molar-refractivity contribution in [2.45, 2.75) is 20.3 Å². The van der Waals surface area contributed by atoms with Gasteiger partial charge in [-0.05, 0) is 12.0 Å². The van der Waals surface area contributed by atoms with E-state index in [1.54, 1.807) is 13.8 Å². The summed E-state index contributed by atoms with van der Waals surface area (Å²) in [6, 6.07) is 9.40. The number of ketones is 1. The average Bonchev–Trinajstić information content (AvgIpc) is 2.35. The van der Waals surface area contributed by atoms with Gasteiger partial charge in [-0.1, -0.05) is 44.2 Å². The van der Waals surface area contributed by atoms with Crippen LogP contribution in [0.2, 0.25) is 0 Å². The van der Waals surface area contributed by atoms with E-state index in [2.05, 4.69) is 4.72 Å². The Morgan fingerprint density at radius 1 is 1.22 bits per heavy atom. The van der Waals surface area contributed by atoms with Crippen LogP contribution in [0.5, 0.6) is 0 Å². The predicted octanol–water partition coefficient (Wildman–Crippen LogP) is 1.37. The van der Waals surface area contributed by atoms with Gasteiger partial charge < -0.3 is 0 Å². The third-order valence-corrected chi connectivity index (χ3v) is 3.94. The van der Waals surface area contributed by atoms with E-state index in [1.807, 2.05) is 30.3 Å². The lowest BCUT2D eigenvalue weighted by Crippen LogP contribution is -2.33. The van der Waals surface area contributed by atoms with Crippen LogP contribution in [0.4, 0.5) is 0 Å². The van der Waals surface area contributed by atoms with Crippen LogP contribution < -0.4 is 4.72 Å². The first kappa shape index (κ1) is 14.9. The van der Waals surface area contributed by atoms with Gasteiger partial charge in [0.05, 0.1) is 12.3 Å². The Morgan fingerprint density at radius 3 is 2.39 bits per heavy atom. The van der Waals surface area contributed by atoms with Crippen molar-refractivity contribution in [2.24, 2.45) is 5.92 Å². The SMILES string of the molecule is CC(C)C(=O)CNS(=O)(=O)CCc1ccccc1. The van der Waals surface area contributed by atoms with E-state index in [-0.39, 0.29) is 24.0 Å². The first-order valence-corrected chi connectivity index (χ1v) is 7.60. The predicted molar refractivity (Wildman–Crippen MR) is 71.8 cm³/mol. The molecule has 0 spiro atoms. The van der Waals surface area contributed by atoms with E-state index in [4.69, 9.17) is 0 Å². The van der Waals surface area contributed by atoms with Crippen LogP contribution in [-0.4, -0.2) is 26.5 Å². The lowest BCUT2D eigenvalue weighted by Gasteiger charge is -2.07. The maximum absolute atomic E-state index is 11.7. The number of carbonyl (C=O) groups excluding carboxylic acids is 1. The van der Waals surface area contributed by atoms with Crippen LogP contribution >= 0.6 is 0 Å². The molecule has 0 fully saturated rings. The fourth-order valence-electron chi connectivity index (χ4n) is 1.35. The number of hydrogen-bond donors (Lipinski definition) is 1. The molecule has 0 saturated carbocycles. The highest BCUT2D eigenvalue weighted by Crippen LogP contribution is 2.01. The van der Waals surface area contributed by atoms with Crippen LogP contribution in [0.1, 0.15) is 19.4 Å². The summed E-state index contributed by atoms with van der Waals surface area (Å²) in [7, 11) is -3.38. The second kappa shape index (κ2) is 6.66. The second-order valence-electron chi connectivity index (χ2n) is 4.50. The molecule has 0 amide bonds. The molecule has 1 aromatic rings. The molecule has 0 aliphatic heterocycles. The van der Waals surface area contributed by atoms with Crippen LogP contribution in [0.25, 0.3) is 0 Å². The quantitative estimate of drug-likeness (QED) is 0.813. The normalized spacial score (nSPS) is 11.7. The molecule has 1 aromatic carbocycles. The zero-order valence-corrected chi connectivity index (χ0v) is 11.5. The highest BCUT2D eigenvalue weighted by molar-refractivity contribution is 7.89. The molecular weight excluding hydrogens is 250 g/mol. The molecule has 1 N–H and O–H groups in total. The molecule has 5 heteroatoms. The third-order valence-electron chi connectivity index (χ3n) is 2.61. The summed E-state index contributed by atoms with van der Waals surface area (Å²) in [6.07, 6.45) is 0.450. The summed E-state index contributed by atoms with van der Waals surface area (Å²) in [6.45, 7) is 3.38. The smallest absolute Gasteiger partial charge is 0.212 e. The first-order valence-electron chi connectivity index (χ1n) is 5.94. The minimum atomic E-state index is -3.38. The van der Waals surface area contributed by atoms with Crippen LogP contribution in [0, 0.1) is 5.92 Å². The summed E-state index contributed by atoms with van der Waals surface area (Å²) in [5.74, 6) is -0.248. The van der Waals surface area contributed by atoms with Gasteiger partial charge in [0.1, 0.15) is 5.78 Å². The Hall–Kier alpha value is -1.20. The number of benzene rings is 1. The lowest BCUT2D eigenvalue weighted by molar-refractivity contribution is -0.120. The second-order valence-corrected chi connectivity index (χ2v) is 6.42. The van der Waals surface area contributed by atoms with Gasteiger partial charge in [-0.25, -0.2) is 13.1 Å². The Labute approximate surface area is 108 Å². The van der Waals surface area contributed by atoms with Crippen molar-refractivity contribution in [3.8, 4) is 0 Å². The van der Waals surface area contributed by atoms with E-state index < -0.39 is 10.0 Å². The summed E-state index contributed by atoms with van der Waals surface area (Å²) in [5.41, 5.74) is 0.970. The topological polar surface area (TPSA) is 63.2 Å². The first-order chi connectivity index (χ1) is 8.41. The molecule has 4 nitrogen and oxygen atoms in total. The molecule has 0 aliphatic rings. The zero-order chi connectivity index (χ0) is 13.6. The van der Waals surface area contributed by atoms with Crippen molar-refractivity contribution >= 4 is 15.8 Å². The molecular formula is C13H19NO3S. The van der Waals surface area contributed by atoms with Crippen LogP contribution in [-0.2, 0) is 21.2 Å². The maximum Gasteiger partial charge on any atom is 0.212 e. The maximum atomic E-state index is 11.7. The molecule has 0 radical (unpaired) electrons. The van der Waals surface area contributed by atoms with Gasteiger partial charge in [-0.2, -0.15) is 0 Å². The molecule has 0 aromatic heterocycles. The van der Waals surface area contributed by atoms with Crippen molar-refractivity contribution in [3.05, 3.63) is 35.9 Å². The Bertz CT molecular complexity index is 480.